The zero-order valence-electron chi connectivity index (χ0n) is 16.9. The number of benzene rings is 2. The van der Waals surface area contributed by atoms with Crippen molar-refractivity contribution in [2.24, 2.45) is 0 Å². The molecule has 1 aliphatic heterocycles. The van der Waals surface area contributed by atoms with E-state index in [0.29, 0.717) is 17.1 Å². The number of hydrogen-bond donors (Lipinski definition) is 0. The Morgan fingerprint density at radius 1 is 1.00 bits per heavy atom. The lowest BCUT2D eigenvalue weighted by atomic mass is 10.2. The Morgan fingerprint density at radius 2 is 1.67 bits per heavy atom. The van der Waals surface area contributed by atoms with E-state index in [-0.39, 0.29) is 29.7 Å². The average molecular weight is 491 g/mol. The highest BCUT2D eigenvalue weighted by Gasteiger charge is 2.22. The summed E-state index contributed by atoms with van der Waals surface area (Å²) in [7, 11) is -1.59. The van der Waals surface area contributed by atoms with Crippen molar-refractivity contribution in [1.29, 1.82) is 0 Å². The van der Waals surface area contributed by atoms with Gasteiger partial charge in [0.25, 0.3) is 10.0 Å². The summed E-state index contributed by atoms with van der Waals surface area (Å²) in [6, 6.07) is 12.6. The van der Waals surface area contributed by atoms with Crippen LogP contribution in [-0.4, -0.2) is 55.4 Å². The molecular formula is C21H26Cl3N3O2S. The maximum absolute atomic E-state index is 13.4. The van der Waals surface area contributed by atoms with E-state index in [2.05, 4.69) is 16.8 Å². The van der Waals surface area contributed by atoms with Crippen molar-refractivity contribution in [2.45, 2.75) is 18.4 Å². The van der Waals surface area contributed by atoms with Gasteiger partial charge >= 0.3 is 0 Å². The second-order valence-electron chi connectivity index (χ2n) is 7.46. The smallest absolute Gasteiger partial charge is 0.268 e. The molecule has 0 atom stereocenters. The van der Waals surface area contributed by atoms with Crippen molar-refractivity contribution >= 4 is 57.3 Å². The molecule has 0 amide bonds. The van der Waals surface area contributed by atoms with E-state index in [4.69, 9.17) is 11.6 Å². The van der Waals surface area contributed by atoms with E-state index < -0.39 is 10.0 Å². The second-order valence-corrected chi connectivity index (χ2v) is 9.68. The number of halogens is 3. The maximum atomic E-state index is 13.4. The Bertz CT molecular complexity index is 1120. The van der Waals surface area contributed by atoms with E-state index in [1.165, 1.54) is 3.97 Å². The third-order valence-electron chi connectivity index (χ3n) is 5.44. The van der Waals surface area contributed by atoms with E-state index in [1.54, 1.807) is 24.4 Å². The van der Waals surface area contributed by atoms with Crippen molar-refractivity contribution in [2.75, 3.05) is 33.2 Å². The third kappa shape index (κ3) is 4.79. The normalized spacial score (nSPS) is 15.6. The van der Waals surface area contributed by atoms with Crippen LogP contribution in [0.5, 0.6) is 0 Å². The Morgan fingerprint density at radius 3 is 2.37 bits per heavy atom. The fraction of sp³-hybridized carbons (Fsp3) is 0.333. The molecule has 5 nitrogen and oxygen atoms in total. The summed E-state index contributed by atoms with van der Waals surface area (Å²) in [6.07, 6.45) is 1.69. The fourth-order valence-electron chi connectivity index (χ4n) is 3.71. The molecule has 30 heavy (non-hydrogen) atoms. The Balaban J connectivity index is 0.00000160. The Hall–Kier alpha value is -1.28. The molecule has 0 bridgehead atoms. The average Bonchev–Trinajstić information content (AvgIpc) is 3.03. The topological polar surface area (TPSA) is 45.6 Å². The zero-order valence-corrected chi connectivity index (χ0v) is 20.1. The summed E-state index contributed by atoms with van der Waals surface area (Å²) in [6.45, 7) is 6.49. The van der Waals surface area contributed by atoms with E-state index in [1.807, 2.05) is 31.2 Å². The van der Waals surface area contributed by atoms with E-state index in [0.717, 1.165) is 42.7 Å². The predicted molar refractivity (Wildman–Crippen MR) is 128 cm³/mol. The maximum Gasteiger partial charge on any atom is 0.268 e. The van der Waals surface area contributed by atoms with Crippen LogP contribution in [0, 0.1) is 6.92 Å². The molecular weight excluding hydrogens is 465 g/mol. The number of para-hydroxylation sites is 1. The minimum absolute atomic E-state index is 0. The first kappa shape index (κ1) is 25.0. The van der Waals surface area contributed by atoms with Crippen LogP contribution in [0.15, 0.2) is 53.6 Å². The van der Waals surface area contributed by atoms with Gasteiger partial charge in [0, 0.05) is 49.3 Å². The first-order chi connectivity index (χ1) is 13.4. The van der Waals surface area contributed by atoms with Gasteiger partial charge < -0.3 is 4.90 Å². The van der Waals surface area contributed by atoms with Crippen LogP contribution in [0.1, 0.15) is 11.1 Å². The van der Waals surface area contributed by atoms with Crippen molar-refractivity contribution in [3.05, 3.63) is 64.8 Å². The summed E-state index contributed by atoms with van der Waals surface area (Å²) in [5, 5.41) is 1.55. The quantitative estimate of drug-likeness (QED) is 0.543. The Kier molecular flexibility index (Phi) is 8.24. The Labute approximate surface area is 195 Å². The lowest BCUT2D eigenvalue weighted by molar-refractivity contribution is 0.148. The van der Waals surface area contributed by atoms with Gasteiger partial charge in [-0.2, -0.15) is 0 Å². The molecule has 0 saturated carbocycles. The predicted octanol–water partition coefficient (Wildman–Crippen LogP) is 4.43. The minimum Gasteiger partial charge on any atom is -0.304 e. The highest BCUT2D eigenvalue weighted by atomic mass is 35.5. The van der Waals surface area contributed by atoms with Gasteiger partial charge in [0.15, 0.2) is 0 Å². The van der Waals surface area contributed by atoms with Gasteiger partial charge in [-0.05, 0) is 49.4 Å². The van der Waals surface area contributed by atoms with Crippen LogP contribution in [0.25, 0.3) is 10.9 Å². The molecule has 2 heterocycles. The van der Waals surface area contributed by atoms with Crippen LogP contribution in [0.3, 0.4) is 0 Å². The van der Waals surface area contributed by atoms with E-state index >= 15 is 0 Å². The molecule has 4 rings (SSSR count). The number of rotatable bonds is 4. The van der Waals surface area contributed by atoms with Crippen LogP contribution < -0.4 is 0 Å². The van der Waals surface area contributed by atoms with Gasteiger partial charge in [0.1, 0.15) is 0 Å². The highest BCUT2D eigenvalue weighted by Crippen LogP contribution is 2.28. The second kappa shape index (κ2) is 9.90. The van der Waals surface area contributed by atoms with Gasteiger partial charge in [-0.15, -0.1) is 24.8 Å². The molecule has 0 N–H and O–H groups in total. The molecule has 1 aromatic heterocycles. The van der Waals surface area contributed by atoms with Gasteiger partial charge in [-0.25, -0.2) is 12.4 Å². The highest BCUT2D eigenvalue weighted by molar-refractivity contribution is 7.90. The first-order valence-corrected chi connectivity index (χ1v) is 11.2. The molecule has 1 fully saturated rings. The van der Waals surface area contributed by atoms with Crippen LogP contribution >= 0.6 is 36.4 Å². The van der Waals surface area contributed by atoms with Gasteiger partial charge in [-0.1, -0.05) is 29.8 Å². The monoisotopic (exact) mass is 489 g/mol. The molecule has 0 spiro atoms. The van der Waals surface area contributed by atoms with Crippen molar-refractivity contribution in [3.8, 4) is 0 Å². The molecule has 9 heteroatoms. The molecule has 0 unspecified atom stereocenters. The number of nitrogens with zero attached hydrogens (tertiary/aromatic N) is 3. The standard InChI is InChI=1S/C21H24ClN3O2S.2ClH/c1-16-14-25(21-6-4-3-5-19(16)21)28(26,27)18-7-8-20(22)17(13-18)15-24-11-9-23(2)10-12-24;;/h3-8,13-14H,9-12,15H2,1-2H3;2*1H. The summed E-state index contributed by atoms with van der Waals surface area (Å²) in [4.78, 5) is 4.87. The lowest BCUT2D eigenvalue weighted by Gasteiger charge is -2.32. The lowest BCUT2D eigenvalue weighted by Crippen LogP contribution is -2.43. The van der Waals surface area contributed by atoms with Crippen LogP contribution in [-0.2, 0) is 16.6 Å². The first-order valence-electron chi connectivity index (χ1n) is 9.38. The summed E-state index contributed by atoms with van der Waals surface area (Å²) in [5.41, 5.74) is 2.47. The van der Waals surface area contributed by atoms with Crippen LogP contribution in [0.2, 0.25) is 5.02 Å². The molecule has 0 aliphatic carbocycles. The molecule has 1 aliphatic rings. The van der Waals surface area contributed by atoms with Crippen molar-refractivity contribution in [3.63, 3.8) is 0 Å². The molecule has 3 aromatic rings. The number of likely N-dealkylation sites (N-methyl/N-ethyl adjacent to an activating group) is 1. The number of aryl methyl sites for hydroxylation is 1. The number of hydrogen-bond acceptors (Lipinski definition) is 4. The van der Waals surface area contributed by atoms with Crippen LogP contribution in [0.4, 0.5) is 0 Å². The third-order valence-corrected chi connectivity index (χ3v) is 7.48. The van der Waals surface area contributed by atoms with Crippen molar-refractivity contribution < 1.29 is 8.42 Å². The zero-order chi connectivity index (χ0) is 19.9. The number of piperazine rings is 1. The minimum atomic E-state index is -3.70. The van der Waals surface area contributed by atoms with Gasteiger partial charge in [-0.3, -0.25) is 4.90 Å². The largest absolute Gasteiger partial charge is 0.304 e. The molecule has 1 saturated heterocycles. The number of aromatic nitrogens is 1. The molecule has 164 valence electrons. The summed E-state index contributed by atoms with van der Waals surface area (Å²) in [5.74, 6) is 0. The fourth-order valence-corrected chi connectivity index (χ4v) is 5.36. The molecule has 0 radical (unpaired) electrons. The number of fused-ring (bicyclic) bond motifs is 1. The van der Waals surface area contributed by atoms with Crippen molar-refractivity contribution in [1.82, 2.24) is 13.8 Å². The SMILES string of the molecule is Cc1cn(S(=O)(=O)c2ccc(Cl)c(CN3CCN(C)CC3)c2)c2ccccc12.Cl.Cl. The van der Waals surface area contributed by atoms with Gasteiger partial charge in [0.05, 0.1) is 10.4 Å². The summed E-state index contributed by atoms with van der Waals surface area (Å²) >= 11 is 6.40. The van der Waals surface area contributed by atoms with E-state index in [9.17, 15) is 8.42 Å². The molecule has 2 aromatic carbocycles. The summed E-state index contributed by atoms with van der Waals surface area (Å²) < 4.78 is 28.1. The van der Waals surface area contributed by atoms with Gasteiger partial charge in [0.2, 0.25) is 0 Å².